The molecule has 0 saturated carbocycles. The van der Waals surface area contributed by atoms with Gasteiger partial charge in [-0.15, -0.1) is 0 Å². The van der Waals surface area contributed by atoms with Gasteiger partial charge in [-0.05, 0) is 52.1 Å². The van der Waals surface area contributed by atoms with E-state index in [0.717, 1.165) is 0 Å². The highest BCUT2D eigenvalue weighted by Gasteiger charge is 2.48. The Hall–Kier alpha value is -4.30. The molecule has 2 aliphatic rings. The third-order valence-corrected chi connectivity index (χ3v) is 9.11. The van der Waals surface area contributed by atoms with Crippen LogP contribution in [-0.4, -0.2) is 4.98 Å². The average molecular weight is 491 g/mol. The second-order valence-electron chi connectivity index (χ2n) is 11.9. The Kier molecular flexibility index (Phi) is 4.10. The van der Waals surface area contributed by atoms with Gasteiger partial charge in [0.05, 0.1) is 16.9 Å². The van der Waals surface area contributed by atoms with Crippen molar-refractivity contribution in [3.8, 4) is 11.1 Å². The van der Waals surface area contributed by atoms with Gasteiger partial charge in [-0.3, -0.25) is 0 Å². The van der Waals surface area contributed by atoms with Crippen molar-refractivity contribution in [3.63, 3.8) is 0 Å². The molecule has 0 amide bonds. The SMILES string of the molecule is CC1(C)c2ccccc2-c2c1c1c(c3c2[nH]c2ccccc23)N(c2ccccc2)c2ccccc2C1(C)C. The van der Waals surface area contributed by atoms with Crippen molar-refractivity contribution in [2.45, 2.75) is 38.5 Å². The number of para-hydroxylation sites is 3. The Morgan fingerprint density at radius 1 is 0.605 bits per heavy atom. The first kappa shape index (κ1) is 21.8. The molecule has 0 atom stereocenters. The second-order valence-corrected chi connectivity index (χ2v) is 11.9. The topological polar surface area (TPSA) is 19.0 Å². The molecule has 0 bridgehead atoms. The number of nitrogens with zero attached hydrogens (tertiary/aromatic N) is 1. The van der Waals surface area contributed by atoms with Crippen molar-refractivity contribution in [3.05, 3.63) is 125 Å². The molecular formula is C36H30N2. The van der Waals surface area contributed by atoms with E-state index in [0.29, 0.717) is 0 Å². The van der Waals surface area contributed by atoms with Gasteiger partial charge in [-0.1, -0.05) is 107 Å². The van der Waals surface area contributed by atoms with E-state index in [-0.39, 0.29) is 10.8 Å². The Labute approximate surface area is 223 Å². The predicted molar refractivity (Wildman–Crippen MR) is 160 cm³/mol. The molecule has 1 aliphatic heterocycles. The van der Waals surface area contributed by atoms with E-state index in [4.69, 9.17) is 0 Å². The van der Waals surface area contributed by atoms with E-state index in [2.05, 4.69) is 141 Å². The smallest absolute Gasteiger partial charge is 0.0606 e. The van der Waals surface area contributed by atoms with Crippen LogP contribution >= 0.6 is 0 Å². The lowest BCUT2D eigenvalue weighted by atomic mass is 9.66. The van der Waals surface area contributed by atoms with E-state index in [1.165, 1.54) is 72.2 Å². The van der Waals surface area contributed by atoms with Gasteiger partial charge >= 0.3 is 0 Å². The van der Waals surface area contributed by atoms with Crippen LogP contribution in [0.25, 0.3) is 32.9 Å². The van der Waals surface area contributed by atoms with Crippen molar-refractivity contribution in [1.82, 2.24) is 4.98 Å². The molecule has 0 saturated heterocycles. The van der Waals surface area contributed by atoms with Crippen LogP contribution in [0.5, 0.6) is 0 Å². The maximum atomic E-state index is 3.90. The molecule has 6 aromatic rings. The molecule has 1 aromatic heterocycles. The molecule has 2 heterocycles. The van der Waals surface area contributed by atoms with Crippen molar-refractivity contribution < 1.29 is 0 Å². The highest BCUT2D eigenvalue weighted by atomic mass is 15.2. The van der Waals surface area contributed by atoms with Crippen molar-refractivity contribution in [2.24, 2.45) is 0 Å². The van der Waals surface area contributed by atoms with E-state index < -0.39 is 0 Å². The lowest BCUT2D eigenvalue weighted by molar-refractivity contribution is 0.585. The maximum Gasteiger partial charge on any atom is 0.0606 e. The Morgan fingerprint density at radius 2 is 1.24 bits per heavy atom. The Balaban J connectivity index is 1.67. The lowest BCUT2D eigenvalue weighted by Gasteiger charge is -2.45. The standard InChI is InChI=1S/C36H30N2/c1-35(2)25-18-10-8-16-23(25)29-31(35)32-34(30-24-17-9-12-20-27(24)37-33(29)30)38(22-14-6-5-7-15-22)28-21-13-11-19-26(28)36(32,3)4/h5-21,37H,1-4H3. The summed E-state index contributed by atoms with van der Waals surface area (Å²) in [4.78, 5) is 6.43. The summed E-state index contributed by atoms with van der Waals surface area (Å²) in [6.07, 6.45) is 0. The second kappa shape index (κ2) is 7.17. The third kappa shape index (κ3) is 2.53. The predicted octanol–water partition coefficient (Wildman–Crippen LogP) is 9.74. The summed E-state index contributed by atoms with van der Waals surface area (Å²) in [5.41, 5.74) is 14.3. The van der Waals surface area contributed by atoms with E-state index >= 15 is 0 Å². The lowest BCUT2D eigenvalue weighted by Crippen LogP contribution is -2.34. The summed E-state index contributed by atoms with van der Waals surface area (Å²) in [5, 5.41) is 2.59. The average Bonchev–Trinajstić information content (AvgIpc) is 3.43. The van der Waals surface area contributed by atoms with Gasteiger partial charge in [0.1, 0.15) is 0 Å². The van der Waals surface area contributed by atoms with Crippen LogP contribution in [-0.2, 0) is 10.8 Å². The molecule has 8 rings (SSSR count). The van der Waals surface area contributed by atoms with E-state index in [1.807, 2.05) is 0 Å². The third-order valence-electron chi connectivity index (χ3n) is 9.11. The number of rotatable bonds is 1. The zero-order valence-corrected chi connectivity index (χ0v) is 22.3. The van der Waals surface area contributed by atoms with Crippen LogP contribution in [0.2, 0.25) is 0 Å². The normalized spacial score (nSPS) is 16.3. The molecule has 2 nitrogen and oxygen atoms in total. The minimum atomic E-state index is -0.187. The highest BCUT2D eigenvalue weighted by molar-refractivity contribution is 6.22. The van der Waals surface area contributed by atoms with Gasteiger partial charge in [0, 0.05) is 38.4 Å². The van der Waals surface area contributed by atoms with Crippen LogP contribution in [0.15, 0.2) is 103 Å². The van der Waals surface area contributed by atoms with Crippen molar-refractivity contribution in [1.29, 1.82) is 0 Å². The molecule has 1 N–H and O–H groups in total. The number of anilines is 3. The zero-order valence-electron chi connectivity index (χ0n) is 22.3. The fourth-order valence-electron chi connectivity index (χ4n) is 7.47. The number of benzene rings is 5. The molecule has 0 spiro atoms. The quantitative estimate of drug-likeness (QED) is 0.243. The number of aromatic nitrogens is 1. The summed E-state index contributed by atoms with van der Waals surface area (Å²) in [6.45, 7) is 9.67. The fraction of sp³-hybridized carbons (Fsp3) is 0.167. The van der Waals surface area contributed by atoms with Gasteiger partial charge in [0.25, 0.3) is 0 Å². The first-order valence-electron chi connectivity index (χ1n) is 13.6. The molecule has 0 radical (unpaired) electrons. The zero-order chi connectivity index (χ0) is 25.8. The summed E-state index contributed by atoms with van der Waals surface area (Å²) >= 11 is 0. The van der Waals surface area contributed by atoms with Crippen LogP contribution < -0.4 is 4.90 Å². The van der Waals surface area contributed by atoms with Crippen LogP contribution in [0.4, 0.5) is 17.1 Å². The molecule has 5 aromatic carbocycles. The number of H-pyrrole nitrogens is 1. The van der Waals surface area contributed by atoms with Crippen molar-refractivity contribution >= 4 is 38.9 Å². The number of fused-ring (bicyclic) bond motifs is 11. The summed E-state index contributed by atoms with van der Waals surface area (Å²) in [6, 6.07) is 37.7. The van der Waals surface area contributed by atoms with Crippen LogP contribution in [0.3, 0.4) is 0 Å². The van der Waals surface area contributed by atoms with Crippen molar-refractivity contribution in [2.75, 3.05) is 4.90 Å². The van der Waals surface area contributed by atoms with E-state index in [1.54, 1.807) is 0 Å². The fourth-order valence-corrected chi connectivity index (χ4v) is 7.47. The summed E-state index contributed by atoms with van der Waals surface area (Å²) in [5.74, 6) is 0. The van der Waals surface area contributed by atoms with Crippen LogP contribution in [0.1, 0.15) is 49.9 Å². The van der Waals surface area contributed by atoms with Gasteiger partial charge in [0.15, 0.2) is 0 Å². The van der Waals surface area contributed by atoms with Gasteiger partial charge in [-0.25, -0.2) is 0 Å². The minimum absolute atomic E-state index is 0.132. The largest absolute Gasteiger partial charge is 0.354 e. The number of hydrogen-bond acceptors (Lipinski definition) is 1. The molecule has 1 aliphatic carbocycles. The molecule has 0 unspecified atom stereocenters. The first-order valence-corrected chi connectivity index (χ1v) is 13.6. The van der Waals surface area contributed by atoms with Crippen LogP contribution in [0, 0.1) is 0 Å². The summed E-state index contributed by atoms with van der Waals surface area (Å²) in [7, 11) is 0. The van der Waals surface area contributed by atoms with Gasteiger partial charge in [0.2, 0.25) is 0 Å². The molecule has 2 heteroatoms. The monoisotopic (exact) mass is 490 g/mol. The van der Waals surface area contributed by atoms with Gasteiger partial charge in [-0.2, -0.15) is 0 Å². The Bertz CT molecular complexity index is 1920. The first-order chi connectivity index (χ1) is 18.4. The minimum Gasteiger partial charge on any atom is -0.354 e. The number of hydrogen-bond donors (Lipinski definition) is 1. The van der Waals surface area contributed by atoms with E-state index in [9.17, 15) is 0 Å². The Morgan fingerprint density at radius 3 is 2.05 bits per heavy atom. The highest BCUT2D eigenvalue weighted by Crippen LogP contribution is 2.63. The molecule has 0 fully saturated rings. The maximum absolute atomic E-state index is 3.90. The molecule has 184 valence electrons. The number of nitrogens with one attached hydrogen (secondary N) is 1. The molecular weight excluding hydrogens is 460 g/mol. The number of aromatic amines is 1. The summed E-state index contributed by atoms with van der Waals surface area (Å²) < 4.78 is 0. The molecule has 38 heavy (non-hydrogen) atoms. The van der Waals surface area contributed by atoms with Gasteiger partial charge < -0.3 is 9.88 Å².